The Hall–Kier alpha value is -2.93. The van der Waals surface area contributed by atoms with Crippen molar-refractivity contribution < 1.29 is 9.59 Å². The molecule has 0 bridgehead atoms. The standard InChI is InChI=1S/C20H22ClN5O2/c1-4-19(28)26-10-12(2)25(13(3)27)11-18(26)14-5-15(7-16(21)6-14)20-23-8-17(22)9-24-20/h4-9,12,18H,1,10-11,22H2,2-3H3/t12-,18+/m1/s1. The van der Waals surface area contributed by atoms with Gasteiger partial charge in [-0.05, 0) is 36.8 Å². The number of rotatable bonds is 3. The zero-order valence-electron chi connectivity index (χ0n) is 15.8. The fourth-order valence-electron chi connectivity index (χ4n) is 3.48. The van der Waals surface area contributed by atoms with Crippen LogP contribution in [-0.4, -0.2) is 50.7 Å². The summed E-state index contributed by atoms with van der Waals surface area (Å²) < 4.78 is 0. The first-order valence-corrected chi connectivity index (χ1v) is 9.26. The molecule has 1 fully saturated rings. The number of hydrogen-bond donors (Lipinski definition) is 1. The van der Waals surface area contributed by atoms with Gasteiger partial charge in [0.25, 0.3) is 0 Å². The molecule has 1 saturated heterocycles. The lowest BCUT2D eigenvalue weighted by atomic mass is 9.97. The average molecular weight is 400 g/mol. The predicted molar refractivity (Wildman–Crippen MR) is 108 cm³/mol. The lowest BCUT2D eigenvalue weighted by Crippen LogP contribution is -2.56. The van der Waals surface area contributed by atoms with Gasteiger partial charge in [-0.25, -0.2) is 9.97 Å². The van der Waals surface area contributed by atoms with Gasteiger partial charge >= 0.3 is 0 Å². The van der Waals surface area contributed by atoms with E-state index in [1.807, 2.05) is 13.0 Å². The number of amides is 2. The lowest BCUT2D eigenvalue weighted by Gasteiger charge is -2.45. The van der Waals surface area contributed by atoms with Crippen molar-refractivity contribution in [3.63, 3.8) is 0 Å². The molecule has 28 heavy (non-hydrogen) atoms. The summed E-state index contributed by atoms with van der Waals surface area (Å²) in [5.74, 6) is 0.254. The van der Waals surface area contributed by atoms with Crippen molar-refractivity contribution >= 4 is 29.1 Å². The molecule has 2 aromatic rings. The Bertz CT molecular complexity index is 915. The molecule has 1 aromatic carbocycles. The molecule has 3 rings (SSSR count). The number of nitrogen functional groups attached to an aromatic ring is 1. The number of carbonyl (C=O) groups is 2. The number of halogens is 1. The SMILES string of the molecule is C=CC(=O)N1C[C@@H](C)N(C(C)=O)C[C@H]1c1cc(Cl)cc(-c2ncc(N)cn2)c1. The van der Waals surface area contributed by atoms with Crippen LogP contribution in [0.5, 0.6) is 0 Å². The van der Waals surface area contributed by atoms with Crippen LogP contribution in [0.1, 0.15) is 25.5 Å². The van der Waals surface area contributed by atoms with Crippen LogP contribution in [0.15, 0.2) is 43.2 Å². The van der Waals surface area contributed by atoms with Crippen LogP contribution in [0.25, 0.3) is 11.4 Å². The maximum atomic E-state index is 12.5. The normalized spacial score (nSPS) is 19.4. The van der Waals surface area contributed by atoms with Gasteiger partial charge in [0.2, 0.25) is 11.8 Å². The van der Waals surface area contributed by atoms with E-state index in [1.165, 1.54) is 25.4 Å². The van der Waals surface area contributed by atoms with E-state index < -0.39 is 0 Å². The summed E-state index contributed by atoms with van der Waals surface area (Å²) in [6, 6.07) is 5.00. The topological polar surface area (TPSA) is 92.4 Å². The molecule has 2 atom stereocenters. The van der Waals surface area contributed by atoms with E-state index >= 15 is 0 Å². The van der Waals surface area contributed by atoms with Crippen LogP contribution in [-0.2, 0) is 9.59 Å². The Morgan fingerprint density at radius 2 is 1.89 bits per heavy atom. The average Bonchev–Trinajstić information content (AvgIpc) is 2.66. The summed E-state index contributed by atoms with van der Waals surface area (Å²) in [4.78, 5) is 36.5. The van der Waals surface area contributed by atoms with E-state index in [4.69, 9.17) is 17.3 Å². The van der Waals surface area contributed by atoms with E-state index in [9.17, 15) is 9.59 Å². The van der Waals surface area contributed by atoms with Gasteiger partial charge in [0.1, 0.15) is 0 Å². The largest absolute Gasteiger partial charge is 0.396 e. The molecule has 2 heterocycles. The van der Waals surface area contributed by atoms with Crippen LogP contribution in [0.2, 0.25) is 5.02 Å². The highest BCUT2D eigenvalue weighted by molar-refractivity contribution is 6.31. The number of nitrogens with zero attached hydrogens (tertiary/aromatic N) is 4. The Labute approximate surface area is 168 Å². The van der Waals surface area contributed by atoms with Crippen molar-refractivity contribution in [1.82, 2.24) is 19.8 Å². The number of piperazine rings is 1. The van der Waals surface area contributed by atoms with Gasteiger partial charge in [0.15, 0.2) is 5.82 Å². The number of aromatic nitrogens is 2. The molecule has 2 N–H and O–H groups in total. The Morgan fingerprint density at radius 3 is 2.50 bits per heavy atom. The third kappa shape index (κ3) is 3.99. The summed E-state index contributed by atoms with van der Waals surface area (Å²) in [5, 5.41) is 0.493. The van der Waals surface area contributed by atoms with Crippen molar-refractivity contribution in [3.8, 4) is 11.4 Å². The second kappa shape index (κ2) is 7.98. The maximum absolute atomic E-state index is 12.5. The van der Waals surface area contributed by atoms with Gasteiger partial charge in [-0.2, -0.15) is 0 Å². The molecule has 0 aliphatic carbocycles. The monoisotopic (exact) mass is 399 g/mol. The Kier molecular flexibility index (Phi) is 5.65. The van der Waals surface area contributed by atoms with Gasteiger partial charge < -0.3 is 15.5 Å². The summed E-state index contributed by atoms with van der Waals surface area (Å²) in [6.45, 7) is 7.84. The van der Waals surface area contributed by atoms with E-state index in [1.54, 1.807) is 21.9 Å². The number of hydrogen-bond acceptors (Lipinski definition) is 5. The zero-order chi connectivity index (χ0) is 20.4. The number of nitrogens with two attached hydrogens (primary N) is 1. The molecule has 2 amide bonds. The quantitative estimate of drug-likeness (QED) is 0.801. The molecule has 8 heteroatoms. The van der Waals surface area contributed by atoms with E-state index in [2.05, 4.69) is 16.5 Å². The Balaban J connectivity index is 2.04. The minimum atomic E-state index is -0.350. The van der Waals surface area contributed by atoms with Crippen molar-refractivity contribution in [2.24, 2.45) is 0 Å². The van der Waals surface area contributed by atoms with Crippen molar-refractivity contribution in [2.75, 3.05) is 18.8 Å². The van der Waals surface area contributed by atoms with Crippen molar-refractivity contribution in [3.05, 3.63) is 53.8 Å². The van der Waals surface area contributed by atoms with Crippen LogP contribution >= 0.6 is 11.6 Å². The van der Waals surface area contributed by atoms with Crippen molar-refractivity contribution in [1.29, 1.82) is 0 Å². The zero-order valence-corrected chi connectivity index (χ0v) is 16.6. The third-order valence-corrected chi connectivity index (χ3v) is 5.05. The molecule has 0 unspecified atom stereocenters. The lowest BCUT2D eigenvalue weighted by molar-refractivity contribution is -0.142. The molecule has 7 nitrogen and oxygen atoms in total. The highest BCUT2D eigenvalue weighted by Gasteiger charge is 2.35. The van der Waals surface area contributed by atoms with Crippen LogP contribution in [0.3, 0.4) is 0 Å². The second-order valence-electron chi connectivity index (χ2n) is 6.84. The van der Waals surface area contributed by atoms with Crippen LogP contribution in [0, 0.1) is 0 Å². The summed E-state index contributed by atoms with van der Waals surface area (Å²) in [6.07, 6.45) is 4.34. The molecule has 0 radical (unpaired) electrons. The third-order valence-electron chi connectivity index (χ3n) is 4.84. The second-order valence-corrected chi connectivity index (χ2v) is 7.28. The summed E-state index contributed by atoms with van der Waals surface area (Å²) in [7, 11) is 0. The minimum absolute atomic E-state index is 0.0349. The highest BCUT2D eigenvalue weighted by atomic mass is 35.5. The number of anilines is 1. The number of benzene rings is 1. The fourth-order valence-corrected chi connectivity index (χ4v) is 3.72. The van der Waals surface area contributed by atoms with Crippen LogP contribution < -0.4 is 5.73 Å². The van der Waals surface area contributed by atoms with Crippen LogP contribution in [0.4, 0.5) is 5.69 Å². The first kappa shape index (κ1) is 19.8. The Morgan fingerprint density at radius 1 is 1.21 bits per heavy atom. The van der Waals surface area contributed by atoms with E-state index in [0.717, 1.165) is 5.56 Å². The van der Waals surface area contributed by atoms with E-state index in [0.29, 0.717) is 35.2 Å². The maximum Gasteiger partial charge on any atom is 0.246 e. The molecule has 1 aromatic heterocycles. The van der Waals surface area contributed by atoms with Gasteiger partial charge in [0.05, 0.1) is 24.1 Å². The molecule has 1 aliphatic heterocycles. The van der Waals surface area contributed by atoms with Gasteiger partial charge in [-0.1, -0.05) is 18.2 Å². The smallest absolute Gasteiger partial charge is 0.246 e. The van der Waals surface area contributed by atoms with E-state index in [-0.39, 0.29) is 23.9 Å². The molecular formula is C20H22ClN5O2. The summed E-state index contributed by atoms with van der Waals surface area (Å²) >= 11 is 6.35. The fraction of sp³-hybridized carbons (Fsp3) is 0.300. The summed E-state index contributed by atoms with van der Waals surface area (Å²) in [5.41, 5.74) is 7.64. The van der Waals surface area contributed by atoms with Gasteiger partial charge in [-0.15, -0.1) is 0 Å². The van der Waals surface area contributed by atoms with Gasteiger partial charge in [0, 0.05) is 36.6 Å². The highest BCUT2D eigenvalue weighted by Crippen LogP contribution is 2.33. The molecule has 1 aliphatic rings. The molecular weight excluding hydrogens is 378 g/mol. The molecule has 146 valence electrons. The molecule has 0 spiro atoms. The minimum Gasteiger partial charge on any atom is -0.396 e. The number of carbonyl (C=O) groups excluding carboxylic acids is 2. The predicted octanol–water partition coefficient (Wildman–Crippen LogP) is 2.69. The first-order chi connectivity index (χ1) is 13.3. The molecule has 0 saturated carbocycles. The van der Waals surface area contributed by atoms with Gasteiger partial charge in [-0.3, -0.25) is 9.59 Å². The van der Waals surface area contributed by atoms with Crippen molar-refractivity contribution in [2.45, 2.75) is 25.9 Å². The first-order valence-electron chi connectivity index (χ1n) is 8.88.